The maximum Gasteiger partial charge on any atom is 0.410 e. The summed E-state index contributed by atoms with van der Waals surface area (Å²) in [6.45, 7) is 7.04. The highest BCUT2D eigenvalue weighted by Crippen LogP contribution is 2.23. The number of nitrogens with zero attached hydrogens (tertiary/aromatic N) is 4. The van der Waals surface area contributed by atoms with Crippen LogP contribution in [0.5, 0.6) is 0 Å². The number of oxazole rings is 1. The minimum absolute atomic E-state index is 0.154. The first kappa shape index (κ1) is 38.1. The lowest BCUT2D eigenvalue weighted by atomic mass is 9.95. The summed E-state index contributed by atoms with van der Waals surface area (Å²) in [6, 6.07) is 19.3. The number of para-hydroxylation sites is 2. The molecule has 52 heavy (non-hydrogen) atoms. The number of hydrogen-bond donors (Lipinski definition) is 1. The number of aryl methyl sites for hydroxylation is 2. The number of carbonyl (C=O) groups excluding carboxylic acids is 4. The fourth-order valence-electron chi connectivity index (χ4n) is 5.95. The highest BCUT2D eigenvalue weighted by atomic mass is 32.2. The normalized spacial score (nSPS) is 14.5. The number of nitrogens with one attached hydrogen (secondary N) is 1. The first-order chi connectivity index (χ1) is 24.7. The van der Waals surface area contributed by atoms with Crippen LogP contribution in [0.15, 0.2) is 77.2 Å². The Kier molecular flexibility index (Phi) is 12.1. The number of sulfone groups is 1. The molecule has 0 spiro atoms. The van der Waals surface area contributed by atoms with Crippen molar-refractivity contribution in [3.8, 4) is 0 Å². The molecule has 276 valence electrons. The lowest BCUT2D eigenvalue weighted by Crippen LogP contribution is -2.54. The molecule has 0 radical (unpaired) electrons. The van der Waals surface area contributed by atoms with Gasteiger partial charge in [-0.05, 0) is 83.2 Å². The smallest absolute Gasteiger partial charge is 0.410 e. The highest BCUT2D eigenvalue weighted by molar-refractivity contribution is 7.90. The SMILES string of the molecule is Cc1cccc(CS(=O)(=O)CCN(C(=O)NC(CCc2ccccc2)C(=O)c2nc3ccccc3o2)C(=O)C2CCN(C(=O)OC(C)(C)C)CC2)n1. The van der Waals surface area contributed by atoms with Gasteiger partial charge >= 0.3 is 12.1 Å². The number of amides is 4. The zero-order valence-corrected chi connectivity index (χ0v) is 30.7. The Labute approximate surface area is 303 Å². The van der Waals surface area contributed by atoms with E-state index in [1.807, 2.05) is 30.3 Å². The van der Waals surface area contributed by atoms with Crippen molar-refractivity contribution in [2.75, 3.05) is 25.4 Å². The molecule has 3 heterocycles. The number of rotatable bonds is 12. The number of pyridine rings is 1. The summed E-state index contributed by atoms with van der Waals surface area (Å²) >= 11 is 0. The molecular formula is C38H45N5O8S. The zero-order valence-electron chi connectivity index (χ0n) is 29.9. The fraction of sp³-hybridized carbons (Fsp3) is 0.421. The minimum atomic E-state index is -3.83. The van der Waals surface area contributed by atoms with Crippen LogP contribution in [0.1, 0.15) is 67.7 Å². The number of aromatic nitrogens is 2. The average molecular weight is 732 g/mol. The van der Waals surface area contributed by atoms with E-state index >= 15 is 0 Å². The highest BCUT2D eigenvalue weighted by Gasteiger charge is 2.36. The Morgan fingerprint density at radius 1 is 0.962 bits per heavy atom. The lowest BCUT2D eigenvalue weighted by Gasteiger charge is -2.34. The standard InChI is InChI=1S/C38H45N5O8S/c1-26-11-10-14-29(39-26)25-52(48,49)24-23-43(35(45)28-19-21-42(22-20-28)37(47)51-38(2,3)4)36(46)41-31(18-17-27-12-6-5-7-13-27)33(44)34-40-30-15-8-9-16-32(30)50-34/h5-16,28,31H,17-25H2,1-4H3,(H,41,46). The second-order valence-corrected chi connectivity index (χ2v) is 16.2. The summed E-state index contributed by atoms with van der Waals surface area (Å²) in [5.41, 5.74) is 2.12. The first-order valence-electron chi connectivity index (χ1n) is 17.3. The predicted octanol–water partition coefficient (Wildman–Crippen LogP) is 5.52. The zero-order chi connectivity index (χ0) is 37.5. The van der Waals surface area contributed by atoms with E-state index in [1.54, 1.807) is 70.2 Å². The van der Waals surface area contributed by atoms with Crippen molar-refractivity contribution >= 4 is 44.8 Å². The van der Waals surface area contributed by atoms with Gasteiger partial charge in [0.05, 0.1) is 23.2 Å². The molecule has 1 saturated heterocycles. The number of fused-ring (bicyclic) bond motifs is 1. The molecule has 1 fully saturated rings. The molecule has 1 atom stereocenters. The predicted molar refractivity (Wildman–Crippen MR) is 194 cm³/mol. The van der Waals surface area contributed by atoms with Crippen molar-refractivity contribution in [1.29, 1.82) is 0 Å². The van der Waals surface area contributed by atoms with Gasteiger partial charge in [-0.1, -0.05) is 48.5 Å². The molecule has 2 aromatic heterocycles. The van der Waals surface area contributed by atoms with E-state index in [9.17, 15) is 27.6 Å². The van der Waals surface area contributed by atoms with Gasteiger partial charge in [-0.15, -0.1) is 0 Å². The number of imide groups is 1. The molecule has 0 bridgehead atoms. The van der Waals surface area contributed by atoms with E-state index in [-0.39, 0.29) is 44.0 Å². The summed E-state index contributed by atoms with van der Waals surface area (Å²) in [6.07, 6.45) is 0.540. The Hall–Kier alpha value is -5.11. The van der Waals surface area contributed by atoms with Crippen LogP contribution in [0.2, 0.25) is 0 Å². The molecular weight excluding hydrogens is 687 g/mol. The Bertz CT molecular complexity index is 1970. The molecule has 0 aliphatic carbocycles. The van der Waals surface area contributed by atoms with Crippen LogP contribution >= 0.6 is 0 Å². The van der Waals surface area contributed by atoms with Crippen molar-refractivity contribution in [2.45, 2.75) is 70.8 Å². The second-order valence-electron chi connectivity index (χ2n) is 14.0. The number of ether oxygens (including phenoxy) is 1. The Morgan fingerprint density at radius 2 is 1.65 bits per heavy atom. The maximum atomic E-state index is 14.1. The van der Waals surface area contributed by atoms with Crippen LogP contribution in [0.4, 0.5) is 9.59 Å². The molecule has 1 aliphatic rings. The number of carbonyl (C=O) groups is 4. The maximum absolute atomic E-state index is 14.1. The number of piperidine rings is 1. The van der Waals surface area contributed by atoms with Crippen LogP contribution in [0, 0.1) is 12.8 Å². The Balaban J connectivity index is 1.37. The number of urea groups is 1. The van der Waals surface area contributed by atoms with E-state index in [1.165, 1.54) is 4.90 Å². The van der Waals surface area contributed by atoms with Crippen molar-refractivity contribution in [2.24, 2.45) is 5.92 Å². The van der Waals surface area contributed by atoms with E-state index in [0.717, 1.165) is 10.5 Å². The third kappa shape index (κ3) is 10.5. The van der Waals surface area contributed by atoms with Crippen molar-refractivity contribution in [3.63, 3.8) is 0 Å². The van der Waals surface area contributed by atoms with Gasteiger partial charge in [0, 0.05) is 31.2 Å². The van der Waals surface area contributed by atoms with Crippen LogP contribution < -0.4 is 5.32 Å². The number of likely N-dealkylation sites (tertiary alicyclic amines) is 1. The molecule has 1 aliphatic heterocycles. The summed E-state index contributed by atoms with van der Waals surface area (Å²) in [5.74, 6) is -2.95. The van der Waals surface area contributed by atoms with E-state index in [4.69, 9.17) is 9.15 Å². The van der Waals surface area contributed by atoms with Crippen LogP contribution in [-0.4, -0.2) is 89.0 Å². The van der Waals surface area contributed by atoms with Gasteiger partial charge in [-0.2, -0.15) is 0 Å². The monoisotopic (exact) mass is 731 g/mol. The second kappa shape index (κ2) is 16.5. The summed E-state index contributed by atoms with van der Waals surface area (Å²) in [7, 11) is -3.83. The average Bonchev–Trinajstić information content (AvgIpc) is 3.54. The van der Waals surface area contributed by atoms with E-state index < -0.39 is 63.5 Å². The van der Waals surface area contributed by atoms with Crippen molar-refractivity contribution in [1.82, 2.24) is 25.1 Å². The quantitative estimate of drug-likeness (QED) is 0.183. The van der Waals surface area contributed by atoms with Gasteiger partial charge in [0.15, 0.2) is 15.4 Å². The molecule has 1 N–H and O–H groups in total. The molecule has 4 aromatic rings. The summed E-state index contributed by atoms with van der Waals surface area (Å²) in [4.78, 5) is 65.8. The number of benzene rings is 2. The largest absolute Gasteiger partial charge is 0.444 e. The Morgan fingerprint density at radius 3 is 2.33 bits per heavy atom. The van der Waals surface area contributed by atoms with Crippen molar-refractivity contribution < 1.29 is 36.7 Å². The van der Waals surface area contributed by atoms with Crippen molar-refractivity contribution in [3.05, 3.63) is 95.6 Å². The van der Waals surface area contributed by atoms with Gasteiger partial charge in [-0.25, -0.2) is 23.0 Å². The van der Waals surface area contributed by atoms with Crippen LogP contribution in [0.25, 0.3) is 11.1 Å². The minimum Gasteiger partial charge on any atom is -0.444 e. The van der Waals surface area contributed by atoms with Gasteiger partial charge in [0.2, 0.25) is 11.7 Å². The molecule has 13 nitrogen and oxygen atoms in total. The lowest BCUT2D eigenvalue weighted by molar-refractivity contribution is -0.133. The fourth-order valence-corrected chi connectivity index (χ4v) is 7.17. The number of hydrogen-bond acceptors (Lipinski definition) is 10. The topological polar surface area (TPSA) is 169 Å². The summed E-state index contributed by atoms with van der Waals surface area (Å²) in [5, 5.41) is 2.72. The van der Waals surface area contributed by atoms with Gasteiger partial charge in [0.25, 0.3) is 5.89 Å². The molecule has 14 heteroatoms. The summed E-state index contributed by atoms with van der Waals surface area (Å²) < 4.78 is 37.8. The van der Waals surface area contributed by atoms with Gasteiger partial charge in [0.1, 0.15) is 11.1 Å². The van der Waals surface area contributed by atoms with Gasteiger partial charge < -0.3 is 19.4 Å². The van der Waals surface area contributed by atoms with Crippen LogP contribution in [-0.2, 0) is 31.5 Å². The van der Waals surface area contributed by atoms with Crippen LogP contribution in [0.3, 0.4) is 0 Å². The molecule has 0 saturated carbocycles. The van der Waals surface area contributed by atoms with E-state index in [2.05, 4.69) is 15.3 Å². The number of Topliss-reactive ketones (excluding diaryl/α,β-unsaturated/α-hetero) is 1. The molecule has 4 amide bonds. The third-order valence-corrected chi connectivity index (χ3v) is 10.2. The molecule has 5 rings (SSSR count). The van der Waals surface area contributed by atoms with Gasteiger partial charge in [-0.3, -0.25) is 19.5 Å². The first-order valence-corrected chi connectivity index (χ1v) is 19.2. The van der Waals surface area contributed by atoms with E-state index in [0.29, 0.717) is 28.9 Å². The molecule has 1 unspecified atom stereocenters. The molecule has 2 aromatic carbocycles. The number of ketones is 1. The third-order valence-electron chi connectivity index (χ3n) is 8.63.